The Morgan fingerprint density at radius 1 is 1.40 bits per heavy atom. The fourth-order valence-electron chi connectivity index (χ4n) is 2.40. The molecular formula is C15H20ClF3N4O2. The molecule has 1 aliphatic heterocycles. The van der Waals surface area contributed by atoms with E-state index < -0.39 is 22.5 Å². The molecule has 0 radical (unpaired) electrons. The van der Waals surface area contributed by atoms with E-state index in [1.54, 1.807) is 25.8 Å². The molecule has 1 saturated heterocycles. The minimum absolute atomic E-state index is 0.0529. The Morgan fingerprint density at radius 2 is 2.08 bits per heavy atom. The number of carbonyl (C=O) groups excluding carboxylic acids is 1. The van der Waals surface area contributed by atoms with Gasteiger partial charge in [0, 0.05) is 19.3 Å². The summed E-state index contributed by atoms with van der Waals surface area (Å²) in [4.78, 5) is 19.4. The summed E-state index contributed by atoms with van der Waals surface area (Å²) in [5, 5.41) is 1.00. The zero-order chi connectivity index (χ0) is 18.8. The van der Waals surface area contributed by atoms with Gasteiger partial charge in [0.2, 0.25) is 5.95 Å². The summed E-state index contributed by atoms with van der Waals surface area (Å²) >= 11 is 5.58. The van der Waals surface area contributed by atoms with Crippen LogP contribution in [-0.2, 0) is 15.7 Å². The van der Waals surface area contributed by atoms with Crippen molar-refractivity contribution in [2.45, 2.75) is 45.4 Å². The van der Waals surface area contributed by atoms with Crippen LogP contribution in [-0.4, -0.2) is 39.6 Å². The number of nitrogens with one attached hydrogen (secondary N) is 1. The lowest BCUT2D eigenvalue weighted by Crippen LogP contribution is -2.44. The van der Waals surface area contributed by atoms with Crippen LogP contribution in [0.2, 0.25) is 5.15 Å². The van der Waals surface area contributed by atoms with E-state index in [1.807, 2.05) is 0 Å². The molecule has 1 aromatic rings. The average molecular weight is 381 g/mol. The van der Waals surface area contributed by atoms with Crippen LogP contribution in [0.25, 0.3) is 0 Å². The molecule has 0 amide bonds. The third-order valence-corrected chi connectivity index (χ3v) is 3.76. The zero-order valence-electron chi connectivity index (χ0n) is 14.2. The number of halogens is 4. The lowest BCUT2D eigenvalue weighted by Gasteiger charge is -2.33. The molecule has 140 valence electrons. The molecule has 0 aliphatic carbocycles. The topological polar surface area (TPSA) is 67.3 Å². The van der Waals surface area contributed by atoms with Gasteiger partial charge >= 0.3 is 12.1 Å². The number of esters is 1. The molecule has 1 aromatic heterocycles. The van der Waals surface area contributed by atoms with Crippen LogP contribution in [0.4, 0.5) is 19.1 Å². The summed E-state index contributed by atoms with van der Waals surface area (Å²) in [7, 11) is 0. The third-order valence-electron chi connectivity index (χ3n) is 3.47. The van der Waals surface area contributed by atoms with Gasteiger partial charge < -0.3 is 4.74 Å². The Labute approximate surface area is 148 Å². The Morgan fingerprint density at radius 3 is 2.64 bits per heavy atom. The second-order valence-electron chi connectivity index (χ2n) is 6.83. The summed E-state index contributed by atoms with van der Waals surface area (Å²) in [6.07, 6.45) is -2.57. The Balaban J connectivity index is 2.01. The number of rotatable bonds is 3. The van der Waals surface area contributed by atoms with Crippen molar-refractivity contribution in [3.63, 3.8) is 0 Å². The van der Waals surface area contributed by atoms with Crippen molar-refractivity contribution in [2.75, 3.05) is 18.5 Å². The molecule has 2 heterocycles. The van der Waals surface area contributed by atoms with Gasteiger partial charge in [-0.2, -0.15) is 18.2 Å². The number of alkyl halides is 3. The zero-order valence-corrected chi connectivity index (χ0v) is 14.9. The van der Waals surface area contributed by atoms with Crippen molar-refractivity contribution in [3.05, 3.63) is 16.9 Å². The van der Waals surface area contributed by atoms with E-state index in [0.29, 0.717) is 25.7 Å². The lowest BCUT2D eigenvalue weighted by atomic mass is 9.99. The molecule has 0 bridgehead atoms. The molecule has 2 rings (SSSR count). The molecule has 1 fully saturated rings. The Bertz CT molecular complexity index is 634. The van der Waals surface area contributed by atoms with E-state index in [9.17, 15) is 18.0 Å². The summed E-state index contributed by atoms with van der Waals surface area (Å²) < 4.78 is 43.4. The van der Waals surface area contributed by atoms with Crippen LogP contribution in [0.5, 0.6) is 0 Å². The Kier molecular flexibility index (Phi) is 5.78. The molecule has 1 N–H and O–H groups in total. The molecule has 1 aliphatic rings. The highest BCUT2D eigenvalue weighted by atomic mass is 35.5. The molecule has 10 heteroatoms. The number of nitrogens with zero attached hydrogens (tertiary/aromatic N) is 3. The molecule has 25 heavy (non-hydrogen) atoms. The molecule has 0 aromatic carbocycles. The van der Waals surface area contributed by atoms with Crippen molar-refractivity contribution in [3.8, 4) is 0 Å². The van der Waals surface area contributed by atoms with Crippen molar-refractivity contribution in [1.29, 1.82) is 0 Å². The first kappa shape index (κ1) is 19.7. The quantitative estimate of drug-likeness (QED) is 0.639. The van der Waals surface area contributed by atoms with E-state index in [2.05, 4.69) is 15.4 Å². The van der Waals surface area contributed by atoms with Crippen LogP contribution in [0.3, 0.4) is 0 Å². The van der Waals surface area contributed by atoms with Gasteiger partial charge in [-0.3, -0.25) is 10.2 Å². The second-order valence-corrected chi connectivity index (χ2v) is 7.18. The highest BCUT2D eigenvalue weighted by Gasteiger charge is 2.35. The normalized spacial score (nSPS) is 19.6. The van der Waals surface area contributed by atoms with E-state index in [1.165, 1.54) is 0 Å². The molecular weight excluding hydrogens is 361 g/mol. The van der Waals surface area contributed by atoms with Crippen molar-refractivity contribution < 1.29 is 22.7 Å². The van der Waals surface area contributed by atoms with Crippen LogP contribution < -0.4 is 5.43 Å². The standard InChI is InChI=1S/C15H20ClF3N4O2/c1-14(2,3)25-12(24)9-5-4-6-23(8-9)22-13-20-7-10(11(16)21-13)15(17,18)19/h7,9H,4-6,8H2,1-3H3,(H,20,21,22). The van der Waals surface area contributed by atoms with Crippen LogP contribution in [0.15, 0.2) is 6.20 Å². The molecule has 0 spiro atoms. The predicted molar refractivity (Wildman–Crippen MR) is 85.8 cm³/mol. The van der Waals surface area contributed by atoms with E-state index in [-0.39, 0.29) is 17.8 Å². The van der Waals surface area contributed by atoms with E-state index >= 15 is 0 Å². The predicted octanol–water partition coefficient (Wildman–Crippen LogP) is 3.53. The number of carbonyl (C=O) groups is 1. The fraction of sp³-hybridized carbons (Fsp3) is 0.667. The van der Waals surface area contributed by atoms with Gasteiger partial charge in [0.05, 0.1) is 5.92 Å². The van der Waals surface area contributed by atoms with Crippen molar-refractivity contribution in [2.24, 2.45) is 5.92 Å². The Hall–Kier alpha value is -1.61. The van der Waals surface area contributed by atoms with Gasteiger partial charge in [-0.05, 0) is 33.6 Å². The smallest absolute Gasteiger partial charge is 0.420 e. The van der Waals surface area contributed by atoms with Crippen molar-refractivity contribution >= 4 is 23.5 Å². The molecule has 0 saturated carbocycles. The highest BCUT2D eigenvalue weighted by Crippen LogP contribution is 2.33. The summed E-state index contributed by atoms with van der Waals surface area (Å²) in [5.41, 5.74) is 1.13. The minimum Gasteiger partial charge on any atom is -0.460 e. The lowest BCUT2D eigenvalue weighted by molar-refractivity contribution is -0.161. The summed E-state index contributed by atoms with van der Waals surface area (Å²) in [5.74, 6) is -0.682. The van der Waals surface area contributed by atoms with Crippen molar-refractivity contribution in [1.82, 2.24) is 15.0 Å². The largest absolute Gasteiger partial charge is 0.460 e. The number of piperidine rings is 1. The molecule has 6 nitrogen and oxygen atoms in total. The second kappa shape index (κ2) is 7.33. The maximum absolute atomic E-state index is 12.7. The first-order valence-electron chi connectivity index (χ1n) is 7.80. The molecule has 1 atom stereocenters. The van der Waals surface area contributed by atoms with Gasteiger partial charge in [-0.1, -0.05) is 11.6 Å². The van der Waals surface area contributed by atoms with Gasteiger partial charge in [-0.15, -0.1) is 0 Å². The fourth-order valence-corrected chi connectivity index (χ4v) is 2.64. The molecule has 1 unspecified atom stereocenters. The van der Waals surface area contributed by atoms with Crippen LogP contribution in [0.1, 0.15) is 39.2 Å². The summed E-state index contributed by atoms with van der Waals surface area (Å²) in [6, 6.07) is 0. The number of ether oxygens (including phenoxy) is 1. The highest BCUT2D eigenvalue weighted by molar-refractivity contribution is 6.30. The third kappa shape index (κ3) is 5.71. The van der Waals surface area contributed by atoms with Gasteiger partial charge in [0.25, 0.3) is 0 Å². The number of aromatic nitrogens is 2. The monoisotopic (exact) mass is 380 g/mol. The number of hydrogen-bond acceptors (Lipinski definition) is 6. The number of hydrazine groups is 1. The number of anilines is 1. The first-order valence-corrected chi connectivity index (χ1v) is 8.18. The number of hydrogen-bond donors (Lipinski definition) is 1. The van der Waals surface area contributed by atoms with E-state index in [0.717, 1.165) is 6.42 Å². The van der Waals surface area contributed by atoms with Gasteiger partial charge in [-0.25, -0.2) is 9.99 Å². The SMILES string of the molecule is CC(C)(C)OC(=O)C1CCCN(Nc2ncc(C(F)(F)F)c(Cl)n2)C1. The first-order chi connectivity index (χ1) is 11.5. The average Bonchev–Trinajstić information content (AvgIpc) is 2.44. The maximum atomic E-state index is 12.7. The maximum Gasteiger partial charge on any atom is 0.420 e. The summed E-state index contributed by atoms with van der Waals surface area (Å²) in [6.45, 7) is 6.32. The van der Waals surface area contributed by atoms with E-state index in [4.69, 9.17) is 16.3 Å². The van der Waals surface area contributed by atoms with Gasteiger partial charge in [0.1, 0.15) is 16.3 Å². The minimum atomic E-state index is -4.61. The van der Waals surface area contributed by atoms with Crippen LogP contribution in [0, 0.1) is 5.92 Å². The van der Waals surface area contributed by atoms with Crippen LogP contribution >= 0.6 is 11.6 Å². The van der Waals surface area contributed by atoms with Gasteiger partial charge in [0.15, 0.2) is 0 Å².